The molecule has 104 valence electrons. The Morgan fingerprint density at radius 1 is 1.50 bits per heavy atom. The van der Waals surface area contributed by atoms with Gasteiger partial charge in [-0.2, -0.15) is 0 Å². The van der Waals surface area contributed by atoms with Gasteiger partial charge in [-0.05, 0) is 17.7 Å². The van der Waals surface area contributed by atoms with Gasteiger partial charge in [0, 0.05) is 13.1 Å². The predicted molar refractivity (Wildman–Crippen MR) is 73.1 cm³/mol. The first-order valence-corrected chi connectivity index (χ1v) is 6.08. The summed E-state index contributed by atoms with van der Waals surface area (Å²) in [5.74, 6) is 1.67. The molecular formula is C12H8Cl2FN3O2. The van der Waals surface area contributed by atoms with Crippen molar-refractivity contribution in [3.05, 3.63) is 38.7 Å². The summed E-state index contributed by atoms with van der Waals surface area (Å²) < 4.78 is 21.0. The van der Waals surface area contributed by atoms with Crippen molar-refractivity contribution in [3.8, 4) is 23.8 Å². The number of terminal acetylenes is 1. The van der Waals surface area contributed by atoms with Crippen LogP contribution in [-0.2, 0) is 7.05 Å². The Morgan fingerprint density at radius 3 is 2.75 bits per heavy atom. The van der Waals surface area contributed by atoms with Crippen molar-refractivity contribution in [2.24, 2.45) is 7.05 Å². The zero-order valence-electron chi connectivity index (χ0n) is 10.2. The second-order valence-electron chi connectivity index (χ2n) is 3.74. The van der Waals surface area contributed by atoms with Crippen molar-refractivity contribution in [3.63, 3.8) is 0 Å². The molecule has 2 aromatic rings. The van der Waals surface area contributed by atoms with Gasteiger partial charge >= 0.3 is 5.69 Å². The van der Waals surface area contributed by atoms with Crippen LogP contribution >= 0.6 is 23.2 Å². The fraction of sp³-hybridized carbons (Fsp3) is 0.167. The van der Waals surface area contributed by atoms with Crippen molar-refractivity contribution >= 4 is 23.2 Å². The number of hydrogen-bond donors (Lipinski definition) is 0. The fourth-order valence-electron chi connectivity index (χ4n) is 1.56. The normalized spacial score (nSPS) is 10.3. The Balaban J connectivity index is 2.62. The molecule has 0 unspecified atom stereocenters. The first-order chi connectivity index (χ1) is 9.45. The molecule has 0 aliphatic heterocycles. The summed E-state index contributed by atoms with van der Waals surface area (Å²) in [6.07, 6.45) is 5.08. The van der Waals surface area contributed by atoms with Crippen LogP contribution in [0.4, 0.5) is 4.39 Å². The van der Waals surface area contributed by atoms with E-state index in [1.165, 1.54) is 13.1 Å². The monoisotopic (exact) mass is 315 g/mol. The summed E-state index contributed by atoms with van der Waals surface area (Å²) in [6.45, 7) is -0.0412. The van der Waals surface area contributed by atoms with Crippen molar-refractivity contribution in [1.82, 2.24) is 14.3 Å². The van der Waals surface area contributed by atoms with E-state index in [4.69, 9.17) is 34.4 Å². The van der Waals surface area contributed by atoms with Gasteiger partial charge in [0.05, 0.1) is 10.7 Å². The van der Waals surface area contributed by atoms with Crippen LogP contribution in [0.5, 0.6) is 5.75 Å². The van der Waals surface area contributed by atoms with Crippen molar-refractivity contribution in [2.45, 2.75) is 0 Å². The highest BCUT2D eigenvalue weighted by Gasteiger charge is 2.17. The van der Waals surface area contributed by atoms with Crippen LogP contribution in [0.15, 0.2) is 16.9 Å². The fourth-order valence-corrected chi connectivity index (χ4v) is 2.04. The molecule has 0 amide bonds. The molecule has 0 radical (unpaired) electrons. The van der Waals surface area contributed by atoms with Gasteiger partial charge in [0.1, 0.15) is 18.2 Å². The van der Waals surface area contributed by atoms with Gasteiger partial charge in [-0.1, -0.05) is 17.5 Å². The Kier molecular flexibility index (Phi) is 4.02. The van der Waals surface area contributed by atoms with Crippen LogP contribution in [-0.4, -0.2) is 21.0 Å². The minimum Gasteiger partial charge on any atom is -0.479 e. The molecule has 8 heteroatoms. The van der Waals surface area contributed by atoms with E-state index in [9.17, 15) is 9.18 Å². The van der Waals surface area contributed by atoms with Crippen LogP contribution in [0.3, 0.4) is 0 Å². The number of rotatable bonds is 3. The molecule has 0 fully saturated rings. The van der Waals surface area contributed by atoms with Crippen LogP contribution in [0.2, 0.25) is 10.3 Å². The SMILES string of the molecule is C#CCOc1cc(-n2c(Cl)nn(C)c2=O)c(F)cc1Cl. The van der Waals surface area contributed by atoms with Crippen LogP contribution in [0, 0.1) is 18.2 Å². The zero-order valence-corrected chi connectivity index (χ0v) is 11.7. The van der Waals surface area contributed by atoms with Gasteiger partial charge < -0.3 is 4.74 Å². The Hall–Kier alpha value is -1.97. The molecule has 0 N–H and O–H groups in total. The second-order valence-corrected chi connectivity index (χ2v) is 4.48. The van der Waals surface area contributed by atoms with E-state index in [0.29, 0.717) is 0 Å². The largest absolute Gasteiger partial charge is 0.479 e. The number of hydrogen-bond acceptors (Lipinski definition) is 3. The predicted octanol–water partition coefficient (Wildman–Crippen LogP) is 2.03. The summed E-state index contributed by atoms with van der Waals surface area (Å²) in [5, 5.41) is 3.56. The number of nitrogens with zero attached hydrogens (tertiary/aromatic N) is 3. The summed E-state index contributed by atoms with van der Waals surface area (Å²) in [5.41, 5.74) is -0.719. The lowest BCUT2D eigenvalue weighted by Gasteiger charge is -2.09. The van der Waals surface area contributed by atoms with Gasteiger partial charge in [-0.15, -0.1) is 11.5 Å². The van der Waals surface area contributed by atoms with Gasteiger partial charge in [0.2, 0.25) is 5.28 Å². The summed E-state index contributed by atoms with van der Waals surface area (Å²) >= 11 is 11.6. The maximum atomic E-state index is 14.0. The Labute approximate surface area is 123 Å². The van der Waals surface area contributed by atoms with E-state index in [2.05, 4.69) is 11.0 Å². The first-order valence-electron chi connectivity index (χ1n) is 5.33. The summed E-state index contributed by atoms with van der Waals surface area (Å²) in [7, 11) is 1.40. The number of aryl methyl sites for hydroxylation is 1. The number of benzene rings is 1. The topological polar surface area (TPSA) is 49.0 Å². The lowest BCUT2D eigenvalue weighted by atomic mass is 10.3. The van der Waals surface area contributed by atoms with Gasteiger partial charge in [0.15, 0.2) is 0 Å². The number of ether oxygens (including phenoxy) is 1. The van der Waals surface area contributed by atoms with Crippen molar-refractivity contribution in [2.75, 3.05) is 6.61 Å². The van der Waals surface area contributed by atoms with Crippen molar-refractivity contribution < 1.29 is 9.13 Å². The van der Waals surface area contributed by atoms with Gasteiger partial charge in [0.25, 0.3) is 0 Å². The molecule has 0 bridgehead atoms. The molecule has 0 saturated carbocycles. The van der Waals surface area contributed by atoms with Gasteiger partial charge in [-0.25, -0.2) is 18.4 Å². The third-order valence-corrected chi connectivity index (χ3v) is 2.98. The first kappa shape index (κ1) is 14.4. The van der Waals surface area contributed by atoms with E-state index in [-0.39, 0.29) is 28.3 Å². The Bertz CT molecular complexity index is 761. The molecule has 2 rings (SSSR count). The van der Waals surface area contributed by atoms with E-state index in [1.54, 1.807) is 0 Å². The maximum Gasteiger partial charge on any atom is 0.351 e. The van der Waals surface area contributed by atoms with E-state index in [1.807, 2.05) is 0 Å². The molecule has 0 aliphatic carbocycles. The molecule has 1 aromatic heterocycles. The second kappa shape index (κ2) is 5.57. The minimum absolute atomic E-state index is 0.0366. The molecule has 0 spiro atoms. The van der Waals surface area contributed by atoms with E-state index in [0.717, 1.165) is 15.3 Å². The highest BCUT2D eigenvalue weighted by atomic mass is 35.5. The molecular weight excluding hydrogens is 308 g/mol. The lowest BCUT2D eigenvalue weighted by molar-refractivity contribution is 0.369. The molecule has 1 heterocycles. The lowest BCUT2D eigenvalue weighted by Crippen LogP contribution is -2.22. The summed E-state index contributed by atoms with van der Waals surface area (Å²) in [4.78, 5) is 11.9. The highest BCUT2D eigenvalue weighted by Crippen LogP contribution is 2.30. The quantitative estimate of drug-likeness (QED) is 0.814. The Morgan fingerprint density at radius 2 is 2.20 bits per heavy atom. The average Bonchev–Trinajstić information content (AvgIpc) is 2.63. The molecule has 0 atom stereocenters. The molecule has 1 aromatic carbocycles. The van der Waals surface area contributed by atoms with Crippen LogP contribution in [0.25, 0.3) is 5.69 Å². The highest BCUT2D eigenvalue weighted by molar-refractivity contribution is 6.32. The number of aromatic nitrogens is 3. The smallest absolute Gasteiger partial charge is 0.351 e. The standard InChI is InChI=1S/C12H8Cl2FN3O2/c1-3-4-20-10-6-9(8(15)5-7(10)13)18-11(14)16-17(2)12(18)19/h1,5-6H,4H2,2H3. The number of halogens is 3. The zero-order chi connectivity index (χ0) is 14.9. The third kappa shape index (κ3) is 2.50. The minimum atomic E-state index is -0.736. The molecule has 0 saturated heterocycles. The van der Waals surface area contributed by atoms with E-state index < -0.39 is 11.5 Å². The average molecular weight is 316 g/mol. The van der Waals surface area contributed by atoms with Gasteiger partial charge in [-0.3, -0.25) is 0 Å². The van der Waals surface area contributed by atoms with Crippen molar-refractivity contribution in [1.29, 1.82) is 0 Å². The summed E-state index contributed by atoms with van der Waals surface area (Å²) in [6, 6.07) is 2.25. The maximum absolute atomic E-state index is 14.0. The molecule has 20 heavy (non-hydrogen) atoms. The molecule has 0 aliphatic rings. The van der Waals surface area contributed by atoms with Crippen LogP contribution in [0.1, 0.15) is 0 Å². The van der Waals surface area contributed by atoms with Crippen LogP contribution < -0.4 is 10.4 Å². The molecule has 5 nitrogen and oxygen atoms in total. The third-order valence-electron chi connectivity index (χ3n) is 2.44. The van der Waals surface area contributed by atoms with E-state index >= 15 is 0 Å².